The van der Waals surface area contributed by atoms with Crippen LogP contribution < -0.4 is 0 Å². The zero-order chi connectivity index (χ0) is 15.7. The molecule has 2 aromatic rings. The van der Waals surface area contributed by atoms with Crippen LogP contribution in [0.4, 0.5) is 0 Å². The first-order valence-corrected chi connectivity index (χ1v) is 7.51. The molecule has 0 spiro atoms. The molecule has 0 radical (unpaired) electrons. The van der Waals surface area contributed by atoms with Crippen molar-refractivity contribution < 1.29 is 9.53 Å². The predicted octanol–water partition coefficient (Wildman–Crippen LogP) is 1.71. The molecule has 0 aliphatic carbocycles. The highest BCUT2D eigenvalue weighted by molar-refractivity contribution is 5.93. The smallest absolute Gasteiger partial charge is 0.272 e. The molecule has 7 heteroatoms. The molecule has 22 heavy (non-hydrogen) atoms. The number of nitrogens with one attached hydrogen (secondary N) is 1. The standard InChI is InChI=1S/C15H21N5O2/c1-10(2)20-12(4-5-17-20)15(21)19-6-7-22-9-13(19)14-16-8-11(3)18-14/h4-5,8,10,13H,6-7,9H2,1-3H3,(H,16,18). The first-order chi connectivity index (χ1) is 10.6. The van der Waals surface area contributed by atoms with Crippen molar-refractivity contribution in [1.82, 2.24) is 24.6 Å². The minimum absolute atomic E-state index is 0.0337. The summed E-state index contributed by atoms with van der Waals surface area (Å²) in [6.07, 6.45) is 3.44. The number of imidazole rings is 1. The molecule has 1 aliphatic rings. The fraction of sp³-hybridized carbons (Fsp3) is 0.533. The number of aromatic nitrogens is 4. The van der Waals surface area contributed by atoms with Crippen LogP contribution in [-0.2, 0) is 4.74 Å². The monoisotopic (exact) mass is 303 g/mol. The Morgan fingerprint density at radius 1 is 1.50 bits per heavy atom. The molecule has 1 aliphatic heterocycles. The van der Waals surface area contributed by atoms with E-state index in [1.54, 1.807) is 23.1 Å². The summed E-state index contributed by atoms with van der Waals surface area (Å²) in [5, 5.41) is 4.25. The molecule has 0 saturated carbocycles. The van der Waals surface area contributed by atoms with Gasteiger partial charge in [-0.15, -0.1) is 0 Å². The van der Waals surface area contributed by atoms with E-state index in [9.17, 15) is 4.79 Å². The number of carbonyl (C=O) groups excluding carboxylic acids is 1. The molecule has 1 N–H and O–H groups in total. The summed E-state index contributed by atoms with van der Waals surface area (Å²) in [5.74, 6) is 0.731. The second-order valence-electron chi connectivity index (χ2n) is 5.80. The fourth-order valence-corrected chi connectivity index (χ4v) is 2.72. The highest BCUT2D eigenvalue weighted by Crippen LogP contribution is 2.24. The molecular formula is C15H21N5O2. The normalized spacial score (nSPS) is 18.9. The van der Waals surface area contributed by atoms with Crippen LogP contribution in [0, 0.1) is 6.92 Å². The highest BCUT2D eigenvalue weighted by atomic mass is 16.5. The molecular weight excluding hydrogens is 282 g/mol. The van der Waals surface area contributed by atoms with Crippen LogP contribution in [-0.4, -0.2) is 50.3 Å². The van der Waals surface area contributed by atoms with Crippen molar-refractivity contribution in [2.75, 3.05) is 19.8 Å². The summed E-state index contributed by atoms with van der Waals surface area (Å²) < 4.78 is 7.30. The van der Waals surface area contributed by atoms with Crippen molar-refractivity contribution in [3.05, 3.63) is 35.7 Å². The van der Waals surface area contributed by atoms with Gasteiger partial charge in [0.25, 0.3) is 5.91 Å². The largest absolute Gasteiger partial charge is 0.377 e. The molecule has 0 bridgehead atoms. The molecule has 118 valence electrons. The number of ether oxygens (including phenoxy) is 1. The summed E-state index contributed by atoms with van der Waals surface area (Å²) in [4.78, 5) is 22.3. The van der Waals surface area contributed by atoms with Crippen molar-refractivity contribution in [3.63, 3.8) is 0 Å². The van der Waals surface area contributed by atoms with Gasteiger partial charge in [0.1, 0.15) is 17.6 Å². The van der Waals surface area contributed by atoms with Gasteiger partial charge in [-0.3, -0.25) is 9.48 Å². The van der Waals surface area contributed by atoms with Crippen molar-refractivity contribution >= 4 is 5.91 Å². The summed E-state index contributed by atoms with van der Waals surface area (Å²) in [5.41, 5.74) is 1.57. The Balaban J connectivity index is 1.90. The lowest BCUT2D eigenvalue weighted by molar-refractivity contribution is -0.00570. The van der Waals surface area contributed by atoms with Gasteiger partial charge >= 0.3 is 0 Å². The molecule has 7 nitrogen and oxygen atoms in total. The number of nitrogens with zero attached hydrogens (tertiary/aromatic N) is 4. The lowest BCUT2D eigenvalue weighted by atomic mass is 10.2. The number of hydrogen-bond donors (Lipinski definition) is 1. The van der Waals surface area contributed by atoms with Gasteiger partial charge in [0.05, 0.1) is 13.2 Å². The lowest BCUT2D eigenvalue weighted by Crippen LogP contribution is -2.44. The van der Waals surface area contributed by atoms with Crippen LogP contribution >= 0.6 is 0 Å². The van der Waals surface area contributed by atoms with Gasteiger partial charge < -0.3 is 14.6 Å². The maximum absolute atomic E-state index is 12.9. The molecule has 3 heterocycles. The maximum atomic E-state index is 12.9. The van der Waals surface area contributed by atoms with E-state index in [0.717, 1.165) is 11.5 Å². The van der Waals surface area contributed by atoms with E-state index in [1.165, 1.54) is 0 Å². The third-order valence-electron chi connectivity index (χ3n) is 3.81. The molecule has 2 aromatic heterocycles. The topological polar surface area (TPSA) is 76.0 Å². The number of aryl methyl sites for hydroxylation is 1. The van der Waals surface area contributed by atoms with Crippen LogP contribution in [0.3, 0.4) is 0 Å². The van der Waals surface area contributed by atoms with Gasteiger partial charge in [0.2, 0.25) is 0 Å². The number of H-pyrrole nitrogens is 1. The number of amides is 1. The van der Waals surface area contributed by atoms with Crippen LogP contribution in [0.2, 0.25) is 0 Å². The highest BCUT2D eigenvalue weighted by Gasteiger charge is 2.32. The second-order valence-corrected chi connectivity index (χ2v) is 5.80. The number of hydrogen-bond acceptors (Lipinski definition) is 4. The van der Waals surface area contributed by atoms with Crippen molar-refractivity contribution in [3.8, 4) is 0 Å². The van der Waals surface area contributed by atoms with Crippen molar-refractivity contribution in [2.45, 2.75) is 32.9 Å². The Hall–Kier alpha value is -2.15. The van der Waals surface area contributed by atoms with Crippen LogP contribution in [0.15, 0.2) is 18.5 Å². The Morgan fingerprint density at radius 3 is 3.00 bits per heavy atom. The predicted molar refractivity (Wildman–Crippen MR) is 80.5 cm³/mol. The van der Waals surface area contributed by atoms with Crippen LogP contribution in [0.1, 0.15) is 47.9 Å². The van der Waals surface area contributed by atoms with Gasteiger partial charge in [0, 0.05) is 30.7 Å². The minimum atomic E-state index is -0.189. The summed E-state index contributed by atoms with van der Waals surface area (Å²) in [6, 6.07) is 1.71. The lowest BCUT2D eigenvalue weighted by Gasteiger charge is -2.34. The SMILES string of the molecule is Cc1cnc(C2COCCN2C(=O)c2ccnn2C(C)C)[nH]1. The number of carbonyl (C=O) groups is 1. The van der Waals surface area contributed by atoms with E-state index in [-0.39, 0.29) is 18.0 Å². The molecule has 3 rings (SSSR count). The molecule has 1 unspecified atom stereocenters. The summed E-state index contributed by atoms with van der Waals surface area (Å²) in [6.45, 7) is 7.51. The van der Waals surface area contributed by atoms with E-state index in [2.05, 4.69) is 15.1 Å². The number of rotatable bonds is 3. The Labute approximate surface area is 129 Å². The Kier molecular flexibility index (Phi) is 3.98. The average molecular weight is 303 g/mol. The number of aromatic amines is 1. The first-order valence-electron chi connectivity index (χ1n) is 7.51. The average Bonchev–Trinajstić information content (AvgIpc) is 3.15. The zero-order valence-corrected chi connectivity index (χ0v) is 13.1. The van der Waals surface area contributed by atoms with Crippen LogP contribution in [0.5, 0.6) is 0 Å². The Bertz CT molecular complexity index is 660. The summed E-state index contributed by atoms with van der Waals surface area (Å²) in [7, 11) is 0. The van der Waals surface area contributed by atoms with Gasteiger partial charge in [0.15, 0.2) is 0 Å². The maximum Gasteiger partial charge on any atom is 0.272 e. The van der Waals surface area contributed by atoms with E-state index in [4.69, 9.17) is 4.74 Å². The van der Waals surface area contributed by atoms with Gasteiger partial charge in [-0.2, -0.15) is 5.10 Å². The molecule has 1 fully saturated rings. The zero-order valence-electron chi connectivity index (χ0n) is 13.1. The fourth-order valence-electron chi connectivity index (χ4n) is 2.72. The van der Waals surface area contributed by atoms with E-state index in [0.29, 0.717) is 25.5 Å². The molecule has 0 aromatic carbocycles. The van der Waals surface area contributed by atoms with Gasteiger partial charge in [-0.1, -0.05) is 0 Å². The van der Waals surface area contributed by atoms with E-state index in [1.807, 2.05) is 25.7 Å². The molecule has 1 saturated heterocycles. The third kappa shape index (κ3) is 2.64. The van der Waals surface area contributed by atoms with E-state index >= 15 is 0 Å². The van der Waals surface area contributed by atoms with Crippen LogP contribution in [0.25, 0.3) is 0 Å². The van der Waals surface area contributed by atoms with Gasteiger partial charge in [-0.05, 0) is 26.8 Å². The van der Waals surface area contributed by atoms with Crippen molar-refractivity contribution in [1.29, 1.82) is 0 Å². The molecule has 1 amide bonds. The minimum Gasteiger partial charge on any atom is -0.377 e. The number of morpholine rings is 1. The summed E-state index contributed by atoms with van der Waals surface area (Å²) >= 11 is 0. The molecule has 1 atom stereocenters. The Morgan fingerprint density at radius 2 is 2.32 bits per heavy atom. The van der Waals surface area contributed by atoms with Gasteiger partial charge in [-0.25, -0.2) is 4.98 Å². The van der Waals surface area contributed by atoms with Crippen molar-refractivity contribution in [2.24, 2.45) is 0 Å². The second kappa shape index (κ2) is 5.92. The van der Waals surface area contributed by atoms with E-state index < -0.39 is 0 Å². The quantitative estimate of drug-likeness (QED) is 0.936. The third-order valence-corrected chi connectivity index (χ3v) is 3.81. The first kappa shape index (κ1) is 14.8.